The Bertz CT molecular complexity index is 679. The van der Waals surface area contributed by atoms with Gasteiger partial charge in [-0.15, -0.1) is 0 Å². The molecule has 0 saturated heterocycles. The summed E-state index contributed by atoms with van der Waals surface area (Å²) < 4.78 is 4.91. The summed E-state index contributed by atoms with van der Waals surface area (Å²) in [7, 11) is 1.69. The van der Waals surface area contributed by atoms with Crippen molar-refractivity contribution in [2.45, 2.75) is 20.4 Å². The largest absolute Gasteiger partial charge is 0.462 e. The highest BCUT2D eigenvalue weighted by atomic mass is 16.5. The first-order chi connectivity index (χ1) is 11.0. The number of anilines is 1. The van der Waals surface area contributed by atoms with Crippen molar-refractivity contribution >= 4 is 17.7 Å². The minimum absolute atomic E-state index is 0.255. The van der Waals surface area contributed by atoms with Gasteiger partial charge in [-0.3, -0.25) is 5.10 Å². The van der Waals surface area contributed by atoms with Crippen molar-refractivity contribution in [3.63, 3.8) is 0 Å². The van der Waals surface area contributed by atoms with Gasteiger partial charge in [-0.1, -0.05) is 0 Å². The molecule has 2 aromatic rings. The topological polar surface area (TPSA) is 87.3 Å². The number of aromatic amines is 1. The van der Waals surface area contributed by atoms with Crippen LogP contribution in [0.25, 0.3) is 0 Å². The lowest BCUT2D eigenvalue weighted by molar-refractivity contribution is 0.0526. The molecule has 1 aromatic carbocycles. The van der Waals surface area contributed by atoms with E-state index in [0.717, 1.165) is 11.4 Å². The maximum atomic E-state index is 12.1. The fourth-order valence-electron chi connectivity index (χ4n) is 1.99. The Morgan fingerprint density at radius 1 is 1.30 bits per heavy atom. The molecule has 23 heavy (non-hydrogen) atoms. The lowest BCUT2D eigenvalue weighted by Gasteiger charge is -2.16. The number of aromatic nitrogens is 2. The zero-order valence-corrected chi connectivity index (χ0v) is 13.4. The minimum atomic E-state index is -0.378. The van der Waals surface area contributed by atoms with Crippen LogP contribution in [-0.2, 0) is 11.3 Å². The predicted molar refractivity (Wildman–Crippen MR) is 86.2 cm³/mol. The van der Waals surface area contributed by atoms with Gasteiger partial charge in [0.05, 0.1) is 24.4 Å². The van der Waals surface area contributed by atoms with E-state index < -0.39 is 0 Å². The summed E-state index contributed by atoms with van der Waals surface area (Å²) in [5.74, 6) is -0.378. The number of nitrogens with zero attached hydrogens (tertiary/aromatic N) is 2. The van der Waals surface area contributed by atoms with E-state index in [-0.39, 0.29) is 12.0 Å². The number of amides is 2. The second kappa shape index (κ2) is 7.44. The number of aryl methyl sites for hydroxylation is 1. The summed E-state index contributed by atoms with van der Waals surface area (Å²) in [6.45, 7) is 4.39. The molecule has 0 fully saturated rings. The van der Waals surface area contributed by atoms with E-state index in [2.05, 4.69) is 15.5 Å². The van der Waals surface area contributed by atoms with Crippen LogP contribution >= 0.6 is 0 Å². The number of esters is 1. The average molecular weight is 316 g/mol. The summed E-state index contributed by atoms with van der Waals surface area (Å²) >= 11 is 0. The maximum absolute atomic E-state index is 12.1. The van der Waals surface area contributed by atoms with Crippen molar-refractivity contribution in [2.75, 3.05) is 19.0 Å². The summed E-state index contributed by atoms with van der Waals surface area (Å²) in [4.78, 5) is 25.2. The molecule has 0 atom stereocenters. The molecular formula is C16H20N4O3. The first-order valence-corrected chi connectivity index (χ1v) is 7.29. The molecule has 1 heterocycles. The van der Waals surface area contributed by atoms with Crippen molar-refractivity contribution in [3.05, 3.63) is 47.3 Å². The van der Waals surface area contributed by atoms with E-state index in [1.807, 2.05) is 13.0 Å². The molecule has 0 aliphatic rings. The van der Waals surface area contributed by atoms with Gasteiger partial charge in [0.25, 0.3) is 0 Å². The summed E-state index contributed by atoms with van der Waals surface area (Å²) in [5, 5.41) is 9.70. The molecule has 1 aromatic heterocycles. The molecule has 0 spiro atoms. The molecule has 2 rings (SSSR count). The highest BCUT2D eigenvalue weighted by Crippen LogP contribution is 2.12. The van der Waals surface area contributed by atoms with Crippen molar-refractivity contribution in [3.8, 4) is 0 Å². The molecule has 7 heteroatoms. The number of rotatable bonds is 5. The number of hydrogen-bond donors (Lipinski definition) is 2. The van der Waals surface area contributed by atoms with Gasteiger partial charge in [0.1, 0.15) is 0 Å². The van der Waals surface area contributed by atoms with Crippen molar-refractivity contribution in [2.24, 2.45) is 0 Å². The van der Waals surface area contributed by atoms with Crippen LogP contribution < -0.4 is 5.32 Å². The molecule has 7 nitrogen and oxygen atoms in total. The third-order valence-electron chi connectivity index (χ3n) is 3.15. The normalized spacial score (nSPS) is 10.2. The lowest BCUT2D eigenvalue weighted by Crippen LogP contribution is -2.31. The molecule has 2 amide bonds. The molecule has 0 aliphatic heterocycles. The maximum Gasteiger partial charge on any atom is 0.338 e. The number of ether oxygens (including phenoxy) is 1. The molecule has 2 N–H and O–H groups in total. The van der Waals surface area contributed by atoms with Crippen LogP contribution in [0.1, 0.15) is 28.7 Å². The fourth-order valence-corrected chi connectivity index (χ4v) is 1.99. The standard InChI is InChI=1S/C16H20N4O3/c1-4-23-15(21)12-5-7-13(8-6-12)17-16(22)20(3)10-14-9-11(2)18-19-14/h5-9H,4,10H2,1-3H3,(H,17,22)(H,18,19). The van der Waals surface area contributed by atoms with E-state index in [4.69, 9.17) is 4.74 Å². The number of carbonyl (C=O) groups is 2. The van der Waals surface area contributed by atoms with E-state index in [1.165, 1.54) is 4.90 Å². The third-order valence-corrected chi connectivity index (χ3v) is 3.15. The van der Waals surface area contributed by atoms with Crippen molar-refractivity contribution < 1.29 is 14.3 Å². The van der Waals surface area contributed by atoms with Crippen molar-refractivity contribution in [1.29, 1.82) is 0 Å². The highest BCUT2D eigenvalue weighted by Gasteiger charge is 2.12. The van der Waals surface area contributed by atoms with Gasteiger partial charge < -0.3 is 15.0 Å². The van der Waals surface area contributed by atoms with Gasteiger partial charge >= 0.3 is 12.0 Å². The Hall–Kier alpha value is -2.83. The highest BCUT2D eigenvalue weighted by molar-refractivity contribution is 5.92. The number of nitrogens with one attached hydrogen (secondary N) is 2. The molecule has 0 radical (unpaired) electrons. The zero-order valence-electron chi connectivity index (χ0n) is 13.4. The van der Waals surface area contributed by atoms with Crippen LogP contribution in [0.5, 0.6) is 0 Å². The van der Waals surface area contributed by atoms with E-state index in [0.29, 0.717) is 24.4 Å². The van der Waals surface area contributed by atoms with Crippen LogP contribution in [0.2, 0.25) is 0 Å². The second-order valence-corrected chi connectivity index (χ2v) is 5.13. The first-order valence-electron chi connectivity index (χ1n) is 7.29. The van der Waals surface area contributed by atoms with E-state index in [1.54, 1.807) is 38.2 Å². The fraction of sp³-hybridized carbons (Fsp3) is 0.312. The number of hydrogen-bond acceptors (Lipinski definition) is 4. The summed E-state index contributed by atoms with van der Waals surface area (Å²) in [5.41, 5.74) is 2.79. The Kier molecular flexibility index (Phi) is 5.35. The zero-order chi connectivity index (χ0) is 16.8. The van der Waals surface area contributed by atoms with Gasteiger partial charge in [-0.2, -0.15) is 5.10 Å². The Morgan fingerprint density at radius 3 is 2.57 bits per heavy atom. The average Bonchev–Trinajstić information content (AvgIpc) is 2.93. The molecular weight excluding hydrogens is 296 g/mol. The first kappa shape index (κ1) is 16.5. The second-order valence-electron chi connectivity index (χ2n) is 5.13. The Labute approximate surface area is 134 Å². The molecule has 122 valence electrons. The number of carbonyl (C=O) groups excluding carboxylic acids is 2. The smallest absolute Gasteiger partial charge is 0.338 e. The van der Waals surface area contributed by atoms with E-state index in [9.17, 15) is 9.59 Å². The van der Waals surface area contributed by atoms with Crippen LogP contribution in [0.4, 0.5) is 10.5 Å². The Balaban J connectivity index is 1.92. The number of H-pyrrole nitrogens is 1. The predicted octanol–water partition coefficient (Wildman–Crippen LogP) is 2.56. The van der Waals surface area contributed by atoms with Crippen LogP contribution in [-0.4, -0.2) is 40.8 Å². The van der Waals surface area contributed by atoms with E-state index >= 15 is 0 Å². The van der Waals surface area contributed by atoms with Crippen molar-refractivity contribution in [1.82, 2.24) is 15.1 Å². The van der Waals surface area contributed by atoms with Gasteiger partial charge in [0, 0.05) is 18.4 Å². The molecule has 0 saturated carbocycles. The summed E-state index contributed by atoms with van der Waals surface area (Å²) in [6, 6.07) is 8.19. The minimum Gasteiger partial charge on any atom is -0.462 e. The lowest BCUT2D eigenvalue weighted by atomic mass is 10.2. The molecule has 0 aliphatic carbocycles. The van der Waals surface area contributed by atoms with Gasteiger partial charge in [0.15, 0.2) is 0 Å². The SMILES string of the molecule is CCOC(=O)c1ccc(NC(=O)N(C)Cc2cc(C)[nH]n2)cc1. The van der Waals surface area contributed by atoms with Crippen LogP contribution in [0, 0.1) is 6.92 Å². The molecule has 0 bridgehead atoms. The van der Waals surface area contributed by atoms with Gasteiger partial charge in [-0.05, 0) is 44.2 Å². The monoisotopic (exact) mass is 316 g/mol. The van der Waals surface area contributed by atoms with Gasteiger partial charge in [0.2, 0.25) is 0 Å². The van der Waals surface area contributed by atoms with Crippen LogP contribution in [0.15, 0.2) is 30.3 Å². The summed E-state index contributed by atoms with van der Waals surface area (Å²) in [6.07, 6.45) is 0. The van der Waals surface area contributed by atoms with Gasteiger partial charge in [-0.25, -0.2) is 9.59 Å². The Morgan fingerprint density at radius 2 is 2.00 bits per heavy atom. The quantitative estimate of drug-likeness (QED) is 0.830. The van der Waals surface area contributed by atoms with Crippen LogP contribution in [0.3, 0.4) is 0 Å². The number of urea groups is 1. The molecule has 0 unspecified atom stereocenters. The number of benzene rings is 1. The third kappa shape index (κ3) is 4.57.